The highest BCUT2D eigenvalue weighted by molar-refractivity contribution is 5.76. The Kier molecular flexibility index (Phi) is 5.72. The largest absolute Gasteiger partial charge is 0.481 e. The van der Waals surface area contributed by atoms with Crippen LogP contribution in [0.15, 0.2) is 72.8 Å². The minimum atomic E-state index is -4.42. The summed E-state index contributed by atoms with van der Waals surface area (Å²) < 4.78 is 40.2. The van der Waals surface area contributed by atoms with Gasteiger partial charge in [0, 0.05) is 18.8 Å². The van der Waals surface area contributed by atoms with Gasteiger partial charge in [0.1, 0.15) is 0 Å². The van der Waals surface area contributed by atoms with E-state index in [9.17, 15) is 18.0 Å². The summed E-state index contributed by atoms with van der Waals surface area (Å²) in [6, 6.07) is 21.1. The summed E-state index contributed by atoms with van der Waals surface area (Å²) in [5.74, 6) is -1.23. The molecular weight excluding hydrogens is 403 g/mol. The van der Waals surface area contributed by atoms with E-state index in [-0.39, 0.29) is 0 Å². The molecule has 31 heavy (non-hydrogen) atoms. The summed E-state index contributed by atoms with van der Waals surface area (Å²) >= 11 is 0. The molecule has 1 fully saturated rings. The van der Waals surface area contributed by atoms with Gasteiger partial charge in [-0.3, -0.25) is 4.79 Å². The van der Waals surface area contributed by atoms with Crippen molar-refractivity contribution in [3.63, 3.8) is 0 Å². The van der Waals surface area contributed by atoms with E-state index in [4.69, 9.17) is 5.11 Å². The minimum Gasteiger partial charge on any atom is -0.481 e. The molecule has 3 aromatic carbocycles. The summed E-state index contributed by atoms with van der Waals surface area (Å²) in [6.07, 6.45) is -3.08. The Morgan fingerprint density at radius 3 is 2.35 bits per heavy atom. The molecule has 0 aromatic heterocycles. The van der Waals surface area contributed by atoms with Crippen molar-refractivity contribution < 1.29 is 23.1 Å². The lowest BCUT2D eigenvalue weighted by Gasteiger charge is -2.38. The van der Waals surface area contributed by atoms with Crippen molar-refractivity contribution in [2.75, 3.05) is 18.0 Å². The summed E-state index contributed by atoms with van der Waals surface area (Å²) in [5.41, 5.74) is 3.38. The monoisotopic (exact) mass is 425 g/mol. The van der Waals surface area contributed by atoms with Gasteiger partial charge < -0.3 is 10.0 Å². The van der Waals surface area contributed by atoms with Crippen molar-refractivity contribution in [2.45, 2.75) is 19.0 Å². The van der Waals surface area contributed by atoms with Gasteiger partial charge in [0.25, 0.3) is 0 Å². The Balaban J connectivity index is 1.65. The molecule has 0 radical (unpaired) electrons. The topological polar surface area (TPSA) is 40.5 Å². The van der Waals surface area contributed by atoms with E-state index in [1.165, 1.54) is 6.07 Å². The molecular formula is C25H22F3NO2. The minimum absolute atomic E-state index is 0.404. The van der Waals surface area contributed by atoms with Crippen LogP contribution in [0.4, 0.5) is 18.9 Å². The Morgan fingerprint density at radius 2 is 1.68 bits per heavy atom. The fourth-order valence-corrected chi connectivity index (χ4v) is 3.88. The molecule has 1 N–H and O–H groups in total. The molecule has 160 valence electrons. The number of hydrogen-bond acceptors (Lipinski definition) is 2. The number of rotatable bonds is 6. The summed E-state index contributed by atoms with van der Waals surface area (Å²) in [4.78, 5) is 13.0. The van der Waals surface area contributed by atoms with Gasteiger partial charge in [0.05, 0.1) is 11.5 Å². The third-order valence-electron chi connectivity index (χ3n) is 5.72. The van der Waals surface area contributed by atoms with Crippen LogP contribution in [0.3, 0.4) is 0 Å². The van der Waals surface area contributed by atoms with Crippen molar-refractivity contribution in [2.24, 2.45) is 5.92 Å². The molecule has 6 heteroatoms. The quantitative estimate of drug-likeness (QED) is 0.553. The molecule has 0 bridgehead atoms. The van der Waals surface area contributed by atoms with E-state index in [1.54, 1.807) is 18.2 Å². The van der Waals surface area contributed by atoms with E-state index in [1.807, 2.05) is 47.4 Å². The second-order valence-electron chi connectivity index (χ2n) is 7.85. The maximum absolute atomic E-state index is 13.4. The number of nitrogens with zero attached hydrogens (tertiary/aromatic N) is 1. The van der Waals surface area contributed by atoms with Crippen molar-refractivity contribution >= 4 is 11.7 Å². The predicted molar refractivity (Wildman–Crippen MR) is 114 cm³/mol. The number of aliphatic carboxylic acids is 1. The second-order valence-corrected chi connectivity index (χ2v) is 7.85. The third-order valence-corrected chi connectivity index (χ3v) is 5.72. The fraction of sp³-hybridized carbons (Fsp3) is 0.240. The van der Waals surface area contributed by atoms with E-state index >= 15 is 0 Å². The number of carboxylic acid groups (broad SMARTS) is 1. The smallest absolute Gasteiger partial charge is 0.416 e. The van der Waals surface area contributed by atoms with Crippen molar-refractivity contribution in [3.05, 3.63) is 89.5 Å². The molecule has 3 aromatic rings. The van der Waals surface area contributed by atoms with Gasteiger partial charge in [-0.1, -0.05) is 48.5 Å². The predicted octanol–water partition coefficient (Wildman–Crippen LogP) is 5.68. The molecule has 0 atom stereocenters. The van der Waals surface area contributed by atoms with Gasteiger partial charge in [0.2, 0.25) is 0 Å². The first kappa shape index (κ1) is 21.0. The van der Waals surface area contributed by atoms with Crippen LogP contribution in [0.1, 0.15) is 16.7 Å². The second kappa shape index (κ2) is 8.46. The van der Waals surface area contributed by atoms with Crippen LogP contribution in [-0.2, 0) is 23.8 Å². The number of halogens is 3. The van der Waals surface area contributed by atoms with Crippen molar-refractivity contribution in [1.82, 2.24) is 0 Å². The number of carboxylic acids is 1. The number of aryl methyl sites for hydroxylation is 2. The molecule has 0 saturated carbocycles. The third kappa shape index (κ3) is 4.74. The highest BCUT2D eigenvalue weighted by atomic mass is 19.4. The van der Waals surface area contributed by atoms with Crippen LogP contribution >= 0.6 is 0 Å². The fourth-order valence-electron chi connectivity index (χ4n) is 3.88. The molecule has 4 rings (SSSR count). The average Bonchev–Trinajstić information content (AvgIpc) is 2.71. The Hall–Kier alpha value is -3.28. The number of alkyl halides is 3. The lowest BCUT2D eigenvalue weighted by atomic mass is 9.92. The van der Waals surface area contributed by atoms with Crippen LogP contribution in [0.2, 0.25) is 0 Å². The number of anilines is 1. The van der Waals surface area contributed by atoms with Crippen molar-refractivity contribution in [1.29, 1.82) is 0 Å². The maximum Gasteiger partial charge on any atom is 0.416 e. The zero-order valence-corrected chi connectivity index (χ0v) is 16.8. The van der Waals surface area contributed by atoms with E-state index < -0.39 is 23.6 Å². The highest BCUT2D eigenvalue weighted by Crippen LogP contribution is 2.36. The first-order valence-corrected chi connectivity index (χ1v) is 10.1. The summed E-state index contributed by atoms with van der Waals surface area (Å²) in [6.45, 7) is 0.810. The Labute approximate surface area is 178 Å². The molecule has 0 amide bonds. The lowest BCUT2D eigenvalue weighted by Crippen LogP contribution is -2.50. The molecule has 3 nitrogen and oxygen atoms in total. The van der Waals surface area contributed by atoms with Crippen LogP contribution < -0.4 is 4.90 Å². The molecule has 0 aliphatic carbocycles. The summed E-state index contributed by atoms with van der Waals surface area (Å²) in [7, 11) is 0. The Morgan fingerprint density at radius 1 is 0.935 bits per heavy atom. The van der Waals surface area contributed by atoms with Crippen LogP contribution in [0.25, 0.3) is 11.1 Å². The first-order valence-electron chi connectivity index (χ1n) is 10.1. The van der Waals surface area contributed by atoms with Gasteiger partial charge in [-0.2, -0.15) is 13.2 Å². The van der Waals surface area contributed by atoms with Crippen molar-refractivity contribution in [3.8, 4) is 11.1 Å². The first-order chi connectivity index (χ1) is 14.8. The summed E-state index contributed by atoms with van der Waals surface area (Å²) in [5, 5.41) is 9.09. The van der Waals surface area contributed by atoms with Gasteiger partial charge in [-0.25, -0.2) is 0 Å². The average molecular weight is 425 g/mol. The molecule has 1 saturated heterocycles. The Bertz CT molecular complexity index is 1070. The zero-order chi connectivity index (χ0) is 22.0. The van der Waals surface area contributed by atoms with Gasteiger partial charge in [0.15, 0.2) is 0 Å². The van der Waals surface area contributed by atoms with Gasteiger partial charge in [-0.05, 0) is 59.4 Å². The number of hydrogen-bond donors (Lipinski definition) is 1. The zero-order valence-electron chi connectivity index (χ0n) is 16.8. The van der Waals surface area contributed by atoms with Crippen LogP contribution in [0, 0.1) is 5.92 Å². The molecule has 0 unspecified atom stereocenters. The van der Waals surface area contributed by atoms with E-state index in [0.717, 1.165) is 29.3 Å². The SMILES string of the molecule is O=C(O)C1CN(c2cccc(-c3cc(C(F)(F)F)ccc3CCc3ccccc3)c2)C1. The van der Waals surface area contributed by atoms with E-state index in [2.05, 4.69) is 0 Å². The molecule has 1 heterocycles. The normalized spacial score (nSPS) is 14.4. The lowest BCUT2D eigenvalue weighted by molar-refractivity contribution is -0.142. The highest BCUT2D eigenvalue weighted by Gasteiger charge is 2.33. The molecule has 1 aliphatic heterocycles. The molecule has 0 spiro atoms. The van der Waals surface area contributed by atoms with Gasteiger partial charge in [-0.15, -0.1) is 0 Å². The van der Waals surface area contributed by atoms with Crippen LogP contribution in [-0.4, -0.2) is 24.2 Å². The van der Waals surface area contributed by atoms with Crippen LogP contribution in [0.5, 0.6) is 0 Å². The maximum atomic E-state index is 13.4. The van der Waals surface area contributed by atoms with E-state index in [0.29, 0.717) is 30.6 Å². The standard InChI is InChI=1S/C25H22F3NO2/c26-25(27,28)21-12-11-18(10-9-17-5-2-1-3-6-17)23(14-21)19-7-4-8-22(13-19)29-15-20(16-29)24(30)31/h1-8,11-14,20H,9-10,15-16H2,(H,30,31). The molecule has 1 aliphatic rings. The number of benzene rings is 3. The number of carbonyl (C=O) groups is 1. The van der Waals surface area contributed by atoms with Gasteiger partial charge >= 0.3 is 12.1 Å².